The third kappa shape index (κ3) is 2.27. The van der Waals surface area contributed by atoms with E-state index in [0.29, 0.717) is 0 Å². The van der Waals surface area contributed by atoms with Crippen LogP contribution in [0, 0.1) is 16.7 Å². The van der Waals surface area contributed by atoms with Gasteiger partial charge in [0, 0.05) is 12.2 Å². The zero-order valence-corrected chi connectivity index (χ0v) is 10.2. The van der Waals surface area contributed by atoms with Gasteiger partial charge in [-0.1, -0.05) is 0 Å². The number of hydrogen-bond donors (Lipinski definition) is 0. The predicted octanol–water partition coefficient (Wildman–Crippen LogP) is 2.70. The highest BCUT2D eigenvalue weighted by Gasteiger charge is 2.19. The monoisotopic (exact) mass is 217 g/mol. The van der Waals surface area contributed by atoms with Gasteiger partial charge in [-0.15, -0.1) is 0 Å². The number of hydrogen-bond acceptors (Lipinski definition) is 2. The Bertz CT molecular complexity index is 409. The highest BCUT2D eigenvalue weighted by Crippen LogP contribution is 2.23. The molecule has 0 saturated carbocycles. The molecule has 0 atom stereocenters. The fourth-order valence-corrected chi connectivity index (χ4v) is 2.18. The van der Waals surface area contributed by atoms with E-state index < -0.39 is 0 Å². The predicted molar refractivity (Wildman–Crippen MR) is 62.9 cm³/mol. The van der Waals surface area contributed by atoms with Crippen LogP contribution in [-0.2, 0) is 19.4 Å². The van der Waals surface area contributed by atoms with Gasteiger partial charge in [-0.25, -0.2) is 4.98 Å². The minimum Gasteiger partial charge on any atom is -0.334 e. The third-order valence-electron chi connectivity index (χ3n) is 3.39. The van der Waals surface area contributed by atoms with E-state index >= 15 is 0 Å². The Morgan fingerprint density at radius 1 is 1.44 bits per heavy atom. The molecule has 0 aliphatic heterocycles. The van der Waals surface area contributed by atoms with Crippen molar-refractivity contribution in [1.29, 1.82) is 5.26 Å². The van der Waals surface area contributed by atoms with Crippen LogP contribution in [0.4, 0.5) is 0 Å². The second-order valence-electron chi connectivity index (χ2n) is 5.28. The molecule has 0 aromatic carbocycles. The molecule has 1 aromatic rings. The van der Waals surface area contributed by atoms with Gasteiger partial charge in [-0.05, 0) is 46.0 Å². The zero-order valence-electron chi connectivity index (χ0n) is 10.2. The Morgan fingerprint density at radius 3 is 2.94 bits per heavy atom. The van der Waals surface area contributed by atoms with Gasteiger partial charge < -0.3 is 4.57 Å². The number of nitriles is 1. The normalized spacial score (nSPS) is 15.6. The molecule has 2 rings (SSSR count). The molecule has 0 radical (unpaired) electrons. The summed E-state index contributed by atoms with van der Waals surface area (Å²) in [6, 6.07) is 2.35. The maximum atomic E-state index is 8.99. The van der Waals surface area contributed by atoms with Crippen LogP contribution in [0.3, 0.4) is 0 Å². The van der Waals surface area contributed by atoms with Gasteiger partial charge in [0.05, 0.1) is 23.5 Å². The summed E-state index contributed by atoms with van der Waals surface area (Å²) >= 11 is 0. The van der Waals surface area contributed by atoms with Crippen molar-refractivity contribution >= 4 is 0 Å². The van der Waals surface area contributed by atoms with Crippen molar-refractivity contribution in [2.75, 3.05) is 0 Å². The van der Waals surface area contributed by atoms with E-state index in [0.717, 1.165) is 25.8 Å². The smallest absolute Gasteiger partial charge is 0.0951 e. The average Bonchev–Trinajstić information content (AvgIpc) is 2.70. The lowest BCUT2D eigenvalue weighted by atomic mass is 9.91. The highest BCUT2D eigenvalue weighted by molar-refractivity contribution is 5.16. The fourth-order valence-electron chi connectivity index (χ4n) is 2.18. The molecule has 1 aromatic heterocycles. The van der Waals surface area contributed by atoms with Crippen molar-refractivity contribution in [3.05, 3.63) is 17.7 Å². The minimum absolute atomic E-state index is 0.230. The number of fused-ring (bicyclic) bond motifs is 1. The third-order valence-corrected chi connectivity index (χ3v) is 3.39. The topological polar surface area (TPSA) is 41.6 Å². The molecule has 1 aliphatic carbocycles. The van der Waals surface area contributed by atoms with Gasteiger partial charge in [-0.2, -0.15) is 5.26 Å². The molecule has 0 amide bonds. The lowest BCUT2D eigenvalue weighted by molar-refractivity contribution is 0.407. The number of aryl methyl sites for hydroxylation is 2. The molecular weight excluding hydrogens is 198 g/mol. The summed E-state index contributed by atoms with van der Waals surface area (Å²) in [7, 11) is 0. The van der Waals surface area contributed by atoms with Crippen LogP contribution in [0.15, 0.2) is 6.33 Å². The Balaban J connectivity index is 2.06. The fraction of sp³-hybridized carbons (Fsp3) is 0.692. The van der Waals surface area contributed by atoms with E-state index in [9.17, 15) is 0 Å². The summed E-state index contributed by atoms with van der Waals surface area (Å²) < 4.78 is 2.24. The van der Waals surface area contributed by atoms with E-state index in [4.69, 9.17) is 5.26 Å². The van der Waals surface area contributed by atoms with Crippen LogP contribution in [0.25, 0.3) is 0 Å². The maximum Gasteiger partial charge on any atom is 0.0951 e. The van der Waals surface area contributed by atoms with Gasteiger partial charge >= 0.3 is 0 Å². The lowest BCUT2D eigenvalue weighted by Crippen LogP contribution is -2.14. The molecule has 3 nitrogen and oxygen atoms in total. The SMILES string of the molecule is CC(C)(C#N)CCn1cnc2c1CCCC2. The van der Waals surface area contributed by atoms with Crippen molar-refractivity contribution < 1.29 is 0 Å². The summed E-state index contributed by atoms with van der Waals surface area (Å²) in [6.07, 6.45) is 7.68. The first-order chi connectivity index (χ1) is 7.62. The van der Waals surface area contributed by atoms with Gasteiger partial charge in [0.2, 0.25) is 0 Å². The molecule has 16 heavy (non-hydrogen) atoms. The maximum absolute atomic E-state index is 8.99. The first-order valence-corrected chi connectivity index (χ1v) is 6.06. The standard InChI is InChI=1S/C13H19N3/c1-13(2,9-14)7-8-16-10-15-11-5-3-4-6-12(11)16/h10H,3-8H2,1-2H3. The Morgan fingerprint density at radius 2 is 2.19 bits per heavy atom. The summed E-state index contributed by atoms with van der Waals surface area (Å²) in [5.41, 5.74) is 2.45. The Kier molecular flexibility index (Phi) is 3.00. The van der Waals surface area contributed by atoms with E-state index in [1.807, 2.05) is 20.2 Å². The molecule has 1 aliphatic rings. The molecule has 1 heterocycles. The molecule has 0 N–H and O–H groups in total. The summed E-state index contributed by atoms with van der Waals surface area (Å²) in [5, 5.41) is 8.99. The quantitative estimate of drug-likeness (QED) is 0.781. The van der Waals surface area contributed by atoms with E-state index in [1.54, 1.807) is 0 Å². The summed E-state index contributed by atoms with van der Waals surface area (Å²) in [4.78, 5) is 4.46. The van der Waals surface area contributed by atoms with Crippen LogP contribution in [0.2, 0.25) is 0 Å². The molecule has 0 spiro atoms. The van der Waals surface area contributed by atoms with Crippen molar-refractivity contribution in [2.24, 2.45) is 5.41 Å². The van der Waals surface area contributed by atoms with Gasteiger partial charge in [0.25, 0.3) is 0 Å². The van der Waals surface area contributed by atoms with Gasteiger partial charge in [0.15, 0.2) is 0 Å². The zero-order chi connectivity index (χ0) is 11.6. The van der Waals surface area contributed by atoms with Crippen molar-refractivity contribution in [3.8, 4) is 6.07 Å². The first kappa shape index (κ1) is 11.2. The van der Waals surface area contributed by atoms with Crippen LogP contribution in [0.1, 0.15) is 44.5 Å². The van der Waals surface area contributed by atoms with Crippen LogP contribution < -0.4 is 0 Å². The molecule has 86 valence electrons. The molecule has 0 bridgehead atoms. The first-order valence-electron chi connectivity index (χ1n) is 6.06. The van der Waals surface area contributed by atoms with Crippen molar-refractivity contribution in [3.63, 3.8) is 0 Å². The molecule has 0 saturated heterocycles. The Hall–Kier alpha value is -1.30. The number of nitrogens with zero attached hydrogens (tertiary/aromatic N) is 3. The minimum atomic E-state index is -0.230. The molecular formula is C13H19N3. The van der Waals surface area contributed by atoms with Crippen LogP contribution >= 0.6 is 0 Å². The van der Waals surface area contributed by atoms with Crippen molar-refractivity contribution in [2.45, 2.75) is 52.5 Å². The van der Waals surface area contributed by atoms with Crippen LogP contribution in [-0.4, -0.2) is 9.55 Å². The van der Waals surface area contributed by atoms with E-state index in [2.05, 4.69) is 15.6 Å². The summed E-state index contributed by atoms with van der Waals surface area (Å²) in [5.74, 6) is 0. The number of imidazole rings is 1. The molecule has 0 unspecified atom stereocenters. The van der Waals surface area contributed by atoms with Crippen molar-refractivity contribution in [1.82, 2.24) is 9.55 Å². The number of aromatic nitrogens is 2. The van der Waals surface area contributed by atoms with Crippen LogP contribution in [0.5, 0.6) is 0 Å². The number of rotatable bonds is 3. The largest absolute Gasteiger partial charge is 0.334 e. The average molecular weight is 217 g/mol. The molecule has 3 heteroatoms. The Labute approximate surface area is 97.1 Å². The summed E-state index contributed by atoms with van der Waals surface area (Å²) in [6.45, 7) is 4.91. The molecule has 0 fully saturated rings. The van der Waals surface area contributed by atoms with E-state index in [1.165, 1.54) is 24.2 Å². The lowest BCUT2D eigenvalue weighted by Gasteiger charge is -2.18. The highest BCUT2D eigenvalue weighted by atomic mass is 15.1. The second-order valence-corrected chi connectivity index (χ2v) is 5.28. The van der Waals surface area contributed by atoms with Gasteiger partial charge in [-0.3, -0.25) is 0 Å². The van der Waals surface area contributed by atoms with E-state index in [-0.39, 0.29) is 5.41 Å². The van der Waals surface area contributed by atoms with Gasteiger partial charge in [0.1, 0.15) is 0 Å². The second kappa shape index (κ2) is 4.29.